The van der Waals surface area contributed by atoms with Gasteiger partial charge in [0.15, 0.2) is 0 Å². The molecule has 31 heavy (non-hydrogen) atoms. The van der Waals surface area contributed by atoms with E-state index >= 15 is 0 Å². The highest BCUT2D eigenvalue weighted by Crippen LogP contribution is 2.52. The zero-order valence-corrected chi connectivity index (χ0v) is 18.3. The number of halogens is 2. The summed E-state index contributed by atoms with van der Waals surface area (Å²) in [4.78, 5) is 28.1. The van der Waals surface area contributed by atoms with Crippen molar-refractivity contribution >= 4 is 35.0 Å². The van der Waals surface area contributed by atoms with Crippen LogP contribution in [0.4, 0.5) is 0 Å². The highest BCUT2D eigenvalue weighted by molar-refractivity contribution is 6.31. The molecule has 0 aliphatic carbocycles. The zero-order valence-electron chi connectivity index (χ0n) is 16.8. The first-order chi connectivity index (χ1) is 15.0. The number of nitrogens with zero attached hydrogens (tertiary/aromatic N) is 1. The van der Waals surface area contributed by atoms with Crippen molar-refractivity contribution in [2.45, 2.75) is 24.7 Å². The summed E-state index contributed by atoms with van der Waals surface area (Å²) in [5, 5.41) is 4.31. The van der Waals surface area contributed by atoms with E-state index in [0.29, 0.717) is 36.1 Å². The largest absolute Gasteiger partial charge is 0.360 e. The van der Waals surface area contributed by atoms with Gasteiger partial charge in [0, 0.05) is 23.1 Å². The molecule has 4 atom stereocenters. The van der Waals surface area contributed by atoms with Crippen molar-refractivity contribution in [2.75, 3.05) is 13.1 Å². The van der Waals surface area contributed by atoms with Gasteiger partial charge < -0.3 is 15.0 Å². The third-order valence-corrected chi connectivity index (χ3v) is 7.05. The number of nitrogens with one attached hydrogen (secondary N) is 1. The van der Waals surface area contributed by atoms with Gasteiger partial charge >= 0.3 is 0 Å². The van der Waals surface area contributed by atoms with Crippen LogP contribution in [0.1, 0.15) is 11.1 Å². The molecule has 0 aromatic heterocycles. The maximum Gasteiger partial charge on any atom is 0.230 e. The smallest absolute Gasteiger partial charge is 0.230 e. The monoisotopic (exact) mass is 456 g/mol. The Bertz CT molecular complexity index is 1060. The fourth-order valence-corrected chi connectivity index (χ4v) is 5.26. The maximum atomic E-state index is 13.3. The summed E-state index contributed by atoms with van der Waals surface area (Å²) in [7, 11) is 0. The van der Waals surface area contributed by atoms with Gasteiger partial charge in [0.1, 0.15) is 5.60 Å². The topological polar surface area (TPSA) is 58.6 Å². The molecule has 1 N–H and O–H groups in total. The van der Waals surface area contributed by atoms with Crippen LogP contribution in [0.5, 0.6) is 0 Å². The van der Waals surface area contributed by atoms with Gasteiger partial charge in [-0.15, -0.1) is 0 Å². The molecule has 160 valence electrons. The fourth-order valence-electron chi connectivity index (χ4n) is 4.94. The van der Waals surface area contributed by atoms with Gasteiger partial charge in [0.2, 0.25) is 11.8 Å². The Morgan fingerprint density at radius 3 is 2.71 bits per heavy atom. The lowest BCUT2D eigenvalue weighted by molar-refractivity contribution is -0.137. The number of rotatable bonds is 6. The molecule has 0 unspecified atom stereocenters. The molecule has 2 saturated heterocycles. The molecule has 2 bridgehead atoms. The summed E-state index contributed by atoms with van der Waals surface area (Å²) < 4.78 is 6.18. The van der Waals surface area contributed by atoms with Gasteiger partial charge in [-0.2, -0.15) is 0 Å². The standard InChI is InChI=1S/C24H22Cl2N2O3/c25-17-7-5-15(6-8-17)10-12-27-22(29)20-19-9-11-24(31-19)14-28(23(30)21(20)24)13-16-3-1-2-4-18(16)26/h1-9,11,19-21H,10,12-14H2,(H,27,29)/t19-,20-,21-,24-/m1/s1. The lowest BCUT2D eigenvalue weighted by Gasteiger charge is -2.23. The van der Waals surface area contributed by atoms with E-state index in [2.05, 4.69) is 5.32 Å². The average Bonchev–Trinajstić information content (AvgIpc) is 3.39. The van der Waals surface area contributed by atoms with Crippen molar-refractivity contribution in [1.82, 2.24) is 10.2 Å². The predicted molar refractivity (Wildman–Crippen MR) is 119 cm³/mol. The number of hydrogen-bond acceptors (Lipinski definition) is 3. The number of likely N-dealkylation sites (tertiary alicyclic amines) is 1. The first-order valence-electron chi connectivity index (χ1n) is 10.4. The molecular formula is C24H22Cl2N2O3. The normalized spacial score (nSPS) is 28.3. The quantitative estimate of drug-likeness (QED) is 0.675. The van der Waals surface area contributed by atoms with Crippen LogP contribution in [0, 0.1) is 11.8 Å². The molecule has 3 aliphatic rings. The van der Waals surface area contributed by atoms with Crippen LogP contribution in [-0.4, -0.2) is 41.5 Å². The molecule has 2 aromatic carbocycles. The summed E-state index contributed by atoms with van der Waals surface area (Å²) in [6.07, 6.45) is 4.22. The van der Waals surface area contributed by atoms with Crippen molar-refractivity contribution in [3.8, 4) is 0 Å². The van der Waals surface area contributed by atoms with Crippen molar-refractivity contribution in [3.05, 3.63) is 81.9 Å². The summed E-state index contributed by atoms with van der Waals surface area (Å²) in [6.45, 7) is 1.33. The third-order valence-electron chi connectivity index (χ3n) is 6.43. The Kier molecular flexibility index (Phi) is 5.29. The van der Waals surface area contributed by atoms with Crippen molar-refractivity contribution in [2.24, 2.45) is 11.8 Å². The number of carbonyl (C=O) groups excluding carboxylic acids is 2. The van der Waals surface area contributed by atoms with Gasteiger partial charge in [-0.3, -0.25) is 9.59 Å². The summed E-state index contributed by atoms with van der Waals surface area (Å²) in [5.74, 6) is -1.20. The molecule has 1 spiro atoms. The Morgan fingerprint density at radius 2 is 1.94 bits per heavy atom. The number of fused-ring (bicyclic) bond motifs is 1. The molecule has 7 heteroatoms. The van der Waals surface area contributed by atoms with Crippen molar-refractivity contribution in [1.29, 1.82) is 0 Å². The van der Waals surface area contributed by atoms with Crippen LogP contribution >= 0.6 is 23.2 Å². The molecule has 0 radical (unpaired) electrons. The van der Waals surface area contributed by atoms with Crippen LogP contribution in [0.2, 0.25) is 10.0 Å². The van der Waals surface area contributed by atoms with Gasteiger partial charge in [-0.25, -0.2) is 0 Å². The minimum Gasteiger partial charge on any atom is -0.360 e. The minimum atomic E-state index is -0.721. The maximum absolute atomic E-state index is 13.3. The minimum absolute atomic E-state index is 0.0513. The van der Waals surface area contributed by atoms with E-state index in [1.54, 1.807) is 4.90 Å². The second-order valence-electron chi connectivity index (χ2n) is 8.35. The molecule has 5 nitrogen and oxygen atoms in total. The van der Waals surface area contributed by atoms with Crippen LogP contribution in [-0.2, 0) is 27.3 Å². The second-order valence-corrected chi connectivity index (χ2v) is 9.20. The lowest BCUT2D eigenvalue weighted by atomic mass is 9.77. The highest BCUT2D eigenvalue weighted by atomic mass is 35.5. The van der Waals surface area contributed by atoms with Crippen molar-refractivity contribution in [3.63, 3.8) is 0 Å². The van der Waals surface area contributed by atoms with Gasteiger partial charge in [-0.1, -0.05) is 65.7 Å². The number of hydrogen-bond donors (Lipinski definition) is 1. The molecular weight excluding hydrogens is 435 g/mol. The second kappa shape index (κ2) is 7.97. The first kappa shape index (κ1) is 20.6. The van der Waals surface area contributed by atoms with Crippen LogP contribution in [0.25, 0.3) is 0 Å². The van der Waals surface area contributed by atoms with Crippen LogP contribution in [0.15, 0.2) is 60.7 Å². The molecule has 2 aromatic rings. The van der Waals surface area contributed by atoms with E-state index in [4.69, 9.17) is 27.9 Å². The summed E-state index contributed by atoms with van der Waals surface area (Å²) in [5.41, 5.74) is 1.26. The third kappa shape index (κ3) is 3.65. The van der Waals surface area contributed by atoms with E-state index in [0.717, 1.165) is 11.1 Å². The van der Waals surface area contributed by atoms with E-state index in [9.17, 15) is 9.59 Å². The number of benzene rings is 2. The SMILES string of the molecule is O=C(NCCc1ccc(Cl)cc1)[C@@H]1[C@H]2C=C[C@]3(CN(Cc4ccccc4Cl)C(=O)[C@@H]13)O2. The molecule has 2 amide bonds. The Labute approximate surface area is 191 Å². The van der Waals surface area contributed by atoms with E-state index < -0.39 is 17.4 Å². The Balaban J connectivity index is 1.27. The lowest BCUT2D eigenvalue weighted by Crippen LogP contribution is -2.44. The summed E-state index contributed by atoms with van der Waals surface area (Å²) >= 11 is 12.2. The van der Waals surface area contributed by atoms with Crippen molar-refractivity contribution < 1.29 is 14.3 Å². The molecule has 3 heterocycles. The van der Waals surface area contributed by atoms with Gasteiger partial charge in [-0.05, 0) is 35.7 Å². The highest BCUT2D eigenvalue weighted by Gasteiger charge is 2.66. The number of carbonyl (C=O) groups is 2. The Hall–Kier alpha value is -2.34. The molecule has 5 rings (SSSR count). The molecule has 3 aliphatic heterocycles. The summed E-state index contributed by atoms with van der Waals surface area (Å²) in [6, 6.07) is 15.1. The number of ether oxygens (including phenoxy) is 1. The first-order valence-corrected chi connectivity index (χ1v) is 11.1. The molecule has 2 fully saturated rings. The van der Waals surface area contributed by atoms with Crippen LogP contribution in [0.3, 0.4) is 0 Å². The number of amides is 2. The predicted octanol–water partition coefficient (Wildman–Crippen LogP) is 3.63. The van der Waals surface area contributed by atoms with Crippen LogP contribution < -0.4 is 5.32 Å². The average molecular weight is 457 g/mol. The fraction of sp³-hybridized carbons (Fsp3) is 0.333. The van der Waals surface area contributed by atoms with Gasteiger partial charge in [0.05, 0.1) is 24.5 Å². The molecule has 0 saturated carbocycles. The van der Waals surface area contributed by atoms with E-state index in [-0.39, 0.29) is 17.9 Å². The van der Waals surface area contributed by atoms with E-state index in [1.165, 1.54) is 0 Å². The Morgan fingerprint density at radius 1 is 1.16 bits per heavy atom. The van der Waals surface area contributed by atoms with E-state index in [1.807, 2.05) is 60.7 Å². The zero-order chi connectivity index (χ0) is 21.6. The van der Waals surface area contributed by atoms with Gasteiger partial charge in [0.25, 0.3) is 0 Å².